The lowest BCUT2D eigenvalue weighted by Gasteiger charge is -2.25. The molecule has 1 aliphatic heterocycles. The van der Waals surface area contributed by atoms with Gasteiger partial charge in [-0.1, -0.05) is 38.0 Å². The molecular weight excluding hydrogens is 500 g/mol. The lowest BCUT2D eigenvalue weighted by atomic mass is 10.0. The minimum Gasteiger partial charge on any atom is -0.497 e. The molecule has 206 valence electrons. The van der Waals surface area contributed by atoms with E-state index in [0.717, 1.165) is 29.7 Å². The molecule has 1 amide bonds. The minimum absolute atomic E-state index is 0.0863. The third-order valence-electron chi connectivity index (χ3n) is 6.77. The molecule has 9 heteroatoms. The zero-order valence-electron chi connectivity index (χ0n) is 22.4. The van der Waals surface area contributed by atoms with Crippen LogP contribution in [-0.2, 0) is 16.0 Å². The second-order valence-electron chi connectivity index (χ2n) is 9.71. The van der Waals surface area contributed by atoms with Gasteiger partial charge in [0.2, 0.25) is 12.7 Å². The molecule has 0 bridgehead atoms. The summed E-state index contributed by atoms with van der Waals surface area (Å²) in [5.41, 5.74) is 2.72. The number of carboxylic acids is 1. The highest BCUT2D eigenvalue weighted by molar-refractivity contribution is 5.81. The predicted molar refractivity (Wildman–Crippen MR) is 146 cm³/mol. The van der Waals surface area contributed by atoms with Gasteiger partial charge < -0.3 is 29.2 Å². The average molecular weight is 535 g/mol. The van der Waals surface area contributed by atoms with Crippen molar-refractivity contribution in [3.8, 4) is 17.2 Å². The number of aliphatic carboxylic acids is 1. The number of methoxy groups -OCH3 is 1. The molecule has 1 aromatic heterocycles. The monoisotopic (exact) mass is 534 g/mol. The van der Waals surface area contributed by atoms with Crippen LogP contribution in [0.3, 0.4) is 0 Å². The molecule has 0 unspecified atom stereocenters. The largest absolute Gasteiger partial charge is 0.497 e. The molecular formula is C30H34N2O7. The van der Waals surface area contributed by atoms with Crippen LogP contribution in [0.1, 0.15) is 66.9 Å². The number of aryl methyl sites for hydroxylation is 1. The second-order valence-corrected chi connectivity index (χ2v) is 9.71. The van der Waals surface area contributed by atoms with Crippen molar-refractivity contribution < 1.29 is 28.9 Å². The third-order valence-corrected chi connectivity index (χ3v) is 6.77. The van der Waals surface area contributed by atoms with E-state index in [1.807, 2.05) is 44.2 Å². The van der Waals surface area contributed by atoms with Crippen molar-refractivity contribution in [1.29, 1.82) is 0 Å². The van der Waals surface area contributed by atoms with Crippen LogP contribution < -0.4 is 25.1 Å². The number of pyridine rings is 1. The normalized spacial score (nSPS) is 13.5. The van der Waals surface area contributed by atoms with Crippen molar-refractivity contribution in [2.45, 2.75) is 58.0 Å². The minimum atomic E-state index is -1.06. The van der Waals surface area contributed by atoms with E-state index in [-0.39, 0.29) is 18.8 Å². The molecule has 9 nitrogen and oxygen atoms in total. The first-order chi connectivity index (χ1) is 18.8. The number of unbranched alkanes of at least 4 members (excludes halogenated alkanes) is 1. The Bertz CT molecular complexity index is 1380. The van der Waals surface area contributed by atoms with Gasteiger partial charge in [-0.2, -0.15) is 0 Å². The predicted octanol–water partition coefficient (Wildman–Crippen LogP) is 4.55. The van der Waals surface area contributed by atoms with Gasteiger partial charge in [0.05, 0.1) is 19.6 Å². The van der Waals surface area contributed by atoms with E-state index in [2.05, 4.69) is 5.32 Å². The zero-order chi connectivity index (χ0) is 27.9. The van der Waals surface area contributed by atoms with Gasteiger partial charge in [0.1, 0.15) is 11.8 Å². The van der Waals surface area contributed by atoms with Crippen LogP contribution in [0.2, 0.25) is 0 Å². The van der Waals surface area contributed by atoms with Crippen LogP contribution >= 0.6 is 0 Å². The number of nitrogens with one attached hydrogen (secondary N) is 1. The molecule has 0 fully saturated rings. The number of fused-ring (bicyclic) bond motifs is 1. The van der Waals surface area contributed by atoms with E-state index < -0.39 is 24.0 Å². The lowest BCUT2D eigenvalue weighted by Crippen LogP contribution is -2.40. The summed E-state index contributed by atoms with van der Waals surface area (Å²) in [6.07, 6.45) is 3.79. The molecule has 0 saturated heterocycles. The average Bonchev–Trinajstić information content (AvgIpc) is 3.39. The zero-order valence-corrected chi connectivity index (χ0v) is 22.4. The molecule has 2 atom stereocenters. The molecule has 1 aliphatic rings. The number of carbonyl (C=O) groups is 2. The first-order valence-electron chi connectivity index (χ1n) is 13.0. The lowest BCUT2D eigenvalue weighted by molar-refractivity contribution is -0.138. The standard InChI is InChI=1S/C30H34N2O7/c1-4-5-6-25(29(35)31-24(16-28(33)34)21-9-12-26-27(15-21)39-18-38-26)32-17-19(2)13-22(30(32)36)14-20-7-10-23(37-3)11-8-20/h7-13,15,17,24-25H,4-6,14,16,18H2,1-3H3,(H,31,35)(H,33,34)/t24-,25-/m0/s1. The summed E-state index contributed by atoms with van der Waals surface area (Å²) in [6, 6.07) is 12.9. The summed E-state index contributed by atoms with van der Waals surface area (Å²) in [6.45, 7) is 3.99. The van der Waals surface area contributed by atoms with Crippen LogP contribution in [0.25, 0.3) is 0 Å². The topological polar surface area (TPSA) is 116 Å². The first-order valence-corrected chi connectivity index (χ1v) is 13.0. The number of aromatic nitrogens is 1. The molecule has 0 saturated carbocycles. The fourth-order valence-corrected chi connectivity index (χ4v) is 4.76. The Morgan fingerprint density at radius 2 is 1.85 bits per heavy atom. The van der Waals surface area contributed by atoms with E-state index in [4.69, 9.17) is 14.2 Å². The number of rotatable bonds is 12. The van der Waals surface area contributed by atoms with Crippen molar-refractivity contribution in [2.24, 2.45) is 0 Å². The highest BCUT2D eigenvalue weighted by Gasteiger charge is 2.27. The van der Waals surface area contributed by atoms with Gasteiger partial charge in [0, 0.05) is 18.2 Å². The number of carbonyl (C=O) groups excluding carboxylic acids is 1. The molecule has 3 aromatic rings. The Balaban J connectivity index is 1.64. The summed E-state index contributed by atoms with van der Waals surface area (Å²) >= 11 is 0. The second kappa shape index (κ2) is 12.5. The maximum Gasteiger partial charge on any atom is 0.305 e. The summed E-state index contributed by atoms with van der Waals surface area (Å²) in [7, 11) is 1.60. The molecule has 39 heavy (non-hydrogen) atoms. The van der Waals surface area contributed by atoms with E-state index >= 15 is 0 Å². The van der Waals surface area contributed by atoms with Gasteiger partial charge in [-0.3, -0.25) is 14.4 Å². The summed E-state index contributed by atoms with van der Waals surface area (Å²) < 4.78 is 17.5. The Morgan fingerprint density at radius 1 is 1.10 bits per heavy atom. The van der Waals surface area contributed by atoms with Gasteiger partial charge in [0.25, 0.3) is 5.56 Å². The van der Waals surface area contributed by atoms with Gasteiger partial charge in [0.15, 0.2) is 11.5 Å². The Labute approximate surface area is 227 Å². The number of benzene rings is 2. The number of hydrogen-bond donors (Lipinski definition) is 2. The van der Waals surface area contributed by atoms with Gasteiger partial charge in [-0.15, -0.1) is 0 Å². The van der Waals surface area contributed by atoms with E-state index in [9.17, 15) is 19.5 Å². The van der Waals surface area contributed by atoms with Crippen molar-refractivity contribution in [2.75, 3.05) is 13.9 Å². The van der Waals surface area contributed by atoms with Crippen molar-refractivity contribution >= 4 is 11.9 Å². The fourth-order valence-electron chi connectivity index (χ4n) is 4.76. The van der Waals surface area contributed by atoms with Gasteiger partial charge in [-0.25, -0.2) is 0 Å². The maximum absolute atomic E-state index is 13.7. The van der Waals surface area contributed by atoms with E-state index in [1.165, 1.54) is 4.57 Å². The molecule has 2 heterocycles. The van der Waals surface area contributed by atoms with Crippen LogP contribution in [0, 0.1) is 6.92 Å². The van der Waals surface area contributed by atoms with E-state index in [0.29, 0.717) is 35.5 Å². The number of carboxylic acid groups (broad SMARTS) is 1. The highest BCUT2D eigenvalue weighted by atomic mass is 16.7. The Hall–Kier alpha value is -4.27. The summed E-state index contributed by atoms with van der Waals surface area (Å²) in [5.74, 6) is 0.330. The Morgan fingerprint density at radius 3 is 2.54 bits per heavy atom. The van der Waals surface area contributed by atoms with Crippen LogP contribution in [-0.4, -0.2) is 35.5 Å². The van der Waals surface area contributed by atoms with E-state index in [1.54, 1.807) is 31.5 Å². The fraction of sp³-hybridized carbons (Fsp3) is 0.367. The quantitative estimate of drug-likeness (QED) is 0.350. The number of ether oxygens (including phenoxy) is 3. The number of hydrogen-bond acceptors (Lipinski definition) is 6. The summed E-state index contributed by atoms with van der Waals surface area (Å²) in [5, 5.41) is 12.5. The van der Waals surface area contributed by atoms with Crippen molar-refractivity contribution in [3.05, 3.63) is 87.3 Å². The smallest absolute Gasteiger partial charge is 0.305 e. The van der Waals surface area contributed by atoms with Crippen molar-refractivity contribution in [1.82, 2.24) is 9.88 Å². The van der Waals surface area contributed by atoms with Crippen LogP contribution in [0.15, 0.2) is 59.5 Å². The highest BCUT2D eigenvalue weighted by Crippen LogP contribution is 2.35. The van der Waals surface area contributed by atoms with Crippen LogP contribution in [0.5, 0.6) is 17.2 Å². The van der Waals surface area contributed by atoms with Crippen LogP contribution in [0.4, 0.5) is 0 Å². The molecule has 4 rings (SSSR count). The molecule has 0 radical (unpaired) electrons. The molecule has 0 spiro atoms. The third kappa shape index (κ3) is 6.79. The van der Waals surface area contributed by atoms with Crippen molar-refractivity contribution in [3.63, 3.8) is 0 Å². The number of nitrogens with zero attached hydrogens (tertiary/aromatic N) is 1. The summed E-state index contributed by atoms with van der Waals surface area (Å²) in [4.78, 5) is 39.1. The maximum atomic E-state index is 13.7. The molecule has 2 aromatic carbocycles. The van der Waals surface area contributed by atoms with Gasteiger partial charge >= 0.3 is 5.97 Å². The molecule has 0 aliphatic carbocycles. The number of amides is 1. The van der Waals surface area contributed by atoms with Gasteiger partial charge in [-0.05, 0) is 60.4 Å². The first kappa shape index (κ1) is 27.8. The SMILES string of the molecule is CCCC[C@@H](C(=O)N[C@@H](CC(=O)O)c1ccc2c(c1)OCO2)n1cc(C)cc(Cc2ccc(OC)cc2)c1=O. The Kier molecular flexibility index (Phi) is 8.91. The molecule has 2 N–H and O–H groups in total.